The van der Waals surface area contributed by atoms with Gasteiger partial charge in [0.1, 0.15) is 6.10 Å². The van der Waals surface area contributed by atoms with Crippen LogP contribution in [0.5, 0.6) is 0 Å². The first-order valence-electron chi connectivity index (χ1n) is 10.8. The van der Waals surface area contributed by atoms with Gasteiger partial charge in [0.05, 0.1) is 16.1 Å². The molecule has 0 unspecified atom stereocenters. The van der Waals surface area contributed by atoms with Gasteiger partial charge in [0.15, 0.2) is 0 Å². The van der Waals surface area contributed by atoms with Crippen LogP contribution in [0.15, 0.2) is 78.9 Å². The van der Waals surface area contributed by atoms with E-state index in [1.165, 1.54) is 0 Å². The van der Waals surface area contributed by atoms with Crippen LogP contribution in [0.25, 0.3) is 0 Å². The predicted molar refractivity (Wildman–Crippen MR) is 129 cm³/mol. The van der Waals surface area contributed by atoms with Crippen LogP contribution < -0.4 is 5.32 Å². The molecule has 1 heterocycles. The fraction of sp³-hybridized carbons (Fsp3) is 0.269. The summed E-state index contributed by atoms with van der Waals surface area (Å²) in [6.45, 7) is 2.53. The number of benzene rings is 3. The molecule has 32 heavy (non-hydrogen) atoms. The molecular weight excluding hydrogens is 443 g/mol. The lowest BCUT2D eigenvalue weighted by molar-refractivity contribution is 0.0476. The molecule has 1 aliphatic heterocycles. The first-order valence-corrected chi connectivity index (χ1v) is 11.6. The van der Waals surface area contributed by atoms with Gasteiger partial charge in [-0.1, -0.05) is 89.9 Å². The Morgan fingerprint density at radius 3 is 2.06 bits per heavy atom. The molecule has 0 atom stereocenters. The number of piperidine rings is 1. The maximum absolute atomic E-state index is 12.7. The van der Waals surface area contributed by atoms with E-state index in [-0.39, 0.29) is 18.2 Å². The summed E-state index contributed by atoms with van der Waals surface area (Å²) >= 11 is 12.1. The van der Waals surface area contributed by atoms with Crippen molar-refractivity contribution in [2.75, 3.05) is 13.1 Å². The average molecular weight is 469 g/mol. The Balaban J connectivity index is 1.31. The molecule has 3 aromatic rings. The number of nitrogens with zero attached hydrogens (tertiary/aromatic N) is 1. The molecule has 0 aliphatic carbocycles. The van der Waals surface area contributed by atoms with E-state index in [4.69, 9.17) is 27.9 Å². The van der Waals surface area contributed by atoms with Crippen molar-refractivity contribution >= 4 is 29.3 Å². The zero-order valence-electron chi connectivity index (χ0n) is 17.7. The predicted octanol–water partition coefficient (Wildman–Crippen LogP) is 6.47. The van der Waals surface area contributed by atoms with Gasteiger partial charge in [0.2, 0.25) is 0 Å². The number of carbonyl (C=O) groups excluding carboxylic acids is 1. The topological polar surface area (TPSA) is 41.6 Å². The number of rotatable bonds is 6. The molecule has 1 fully saturated rings. The van der Waals surface area contributed by atoms with Crippen LogP contribution in [-0.2, 0) is 11.3 Å². The van der Waals surface area contributed by atoms with Crippen molar-refractivity contribution in [1.29, 1.82) is 0 Å². The number of halogens is 2. The highest BCUT2D eigenvalue weighted by Crippen LogP contribution is 2.25. The number of amides is 1. The van der Waals surface area contributed by atoms with Crippen molar-refractivity contribution in [3.05, 3.63) is 106 Å². The van der Waals surface area contributed by atoms with Gasteiger partial charge in [-0.15, -0.1) is 0 Å². The van der Waals surface area contributed by atoms with Crippen molar-refractivity contribution in [3.8, 4) is 0 Å². The molecule has 0 saturated carbocycles. The molecule has 1 amide bonds. The monoisotopic (exact) mass is 468 g/mol. The van der Waals surface area contributed by atoms with Gasteiger partial charge in [-0.05, 0) is 41.7 Å². The maximum atomic E-state index is 12.7. The van der Waals surface area contributed by atoms with E-state index in [2.05, 4.69) is 10.2 Å². The van der Waals surface area contributed by atoms with Crippen LogP contribution in [-0.4, -0.2) is 30.2 Å². The summed E-state index contributed by atoms with van der Waals surface area (Å²) in [5, 5.41) is 4.20. The molecule has 4 nitrogen and oxygen atoms in total. The molecular formula is C26H26Cl2N2O2. The van der Waals surface area contributed by atoms with Crippen molar-refractivity contribution < 1.29 is 9.53 Å². The molecule has 3 aromatic carbocycles. The number of nitrogens with one attached hydrogen (secondary N) is 1. The van der Waals surface area contributed by atoms with Crippen LogP contribution in [0.3, 0.4) is 0 Å². The summed E-state index contributed by atoms with van der Waals surface area (Å²) in [5.74, 6) is 0. The van der Waals surface area contributed by atoms with E-state index in [9.17, 15) is 4.79 Å². The quantitative estimate of drug-likeness (QED) is 0.450. The average Bonchev–Trinajstić information content (AvgIpc) is 2.82. The second kappa shape index (κ2) is 10.9. The van der Waals surface area contributed by atoms with Crippen LogP contribution in [0.2, 0.25) is 10.0 Å². The molecule has 4 rings (SSSR count). The molecule has 1 N–H and O–H groups in total. The Bertz CT molecular complexity index is 983. The van der Waals surface area contributed by atoms with Gasteiger partial charge in [-0.2, -0.15) is 0 Å². The molecule has 0 spiro atoms. The van der Waals surface area contributed by atoms with Crippen molar-refractivity contribution in [1.82, 2.24) is 10.2 Å². The Kier molecular flexibility index (Phi) is 7.69. The molecule has 0 aromatic heterocycles. The van der Waals surface area contributed by atoms with E-state index in [0.717, 1.165) is 49.2 Å². The second-order valence-corrected chi connectivity index (χ2v) is 8.84. The summed E-state index contributed by atoms with van der Waals surface area (Å²) < 4.78 is 5.78. The van der Waals surface area contributed by atoms with Crippen LogP contribution in [0.4, 0.5) is 4.79 Å². The Labute approximate surface area is 199 Å². The minimum absolute atomic E-state index is 0.0905. The molecule has 1 saturated heterocycles. The smallest absolute Gasteiger partial charge is 0.408 e. The van der Waals surface area contributed by atoms with Crippen molar-refractivity contribution in [3.63, 3.8) is 0 Å². The Morgan fingerprint density at radius 1 is 0.906 bits per heavy atom. The fourth-order valence-corrected chi connectivity index (χ4v) is 4.36. The van der Waals surface area contributed by atoms with E-state index >= 15 is 0 Å². The van der Waals surface area contributed by atoms with Gasteiger partial charge in [-0.25, -0.2) is 4.79 Å². The van der Waals surface area contributed by atoms with Gasteiger partial charge in [0.25, 0.3) is 0 Å². The third-order valence-corrected chi connectivity index (χ3v) is 6.47. The second-order valence-electron chi connectivity index (χ2n) is 8.03. The molecule has 166 valence electrons. The highest BCUT2D eigenvalue weighted by atomic mass is 35.5. The largest absolute Gasteiger partial charge is 0.446 e. The minimum Gasteiger partial charge on any atom is -0.446 e. The lowest BCUT2D eigenvalue weighted by atomic mass is 9.99. The SMILES string of the molecule is O=C(NC(c1ccccc1)c1ccccc1)OC1CCN(Cc2ccc(Cl)c(Cl)c2)CC1. The van der Waals surface area contributed by atoms with Gasteiger partial charge < -0.3 is 10.1 Å². The standard InChI is InChI=1S/C26H26Cl2N2O2/c27-23-12-11-19(17-24(23)28)18-30-15-13-22(14-16-30)32-26(31)29-25(20-7-3-1-4-8-20)21-9-5-2-6-10-21/h1-12,17,22,25H,13-16,18H2,(H,29,31). The minimum atomic E-state index is -0.384. The molecule has 0 radical (unpaired) electrons. The van der Waals surface area contributed by atoms with E-state index < -0.39 is 0 Å². The number of alkyl carbamates (subject to hydrolysis) is 1. The third-order valence-electron chi connectivity index (χ3n) is 5.73. The Hall–Kier alpha value is -2.53. The number of carbonyl (C=O) groups is 1. The number of likely N-dealkylation sites (tertiary alicyclic amines) is 1. The Morgan fingerprint density at radius 2 is 1.50 bits per heavy atom. The maximum Gasteiger partial charge on any atom is 0.408 e. The summed E-state index contributed by atoms with van der Waals surface area (Å²) in [4.78, 5) is 15.1. The van der Waals surface area contributed by atoms with Gasteiger partial charge in [0, 0.05) is 19.6 Å². The lowest BCUT2D eigenvalue weighted by Crippen LogP contribution is -2.40. The van der Waals surface area contributed by atoms with Crippen LogP contribution in [0, 0.1) is 0 Å². The van der Waals surface area contributed by atoms with Gasteiger partial charge in [-0.3, -0.25) is 4.90 Å². The van der Waals surface area contributed by atoms with E-state index in [1.54, 1.807) is 0 Å². The third kappa shape index (κ3) is 6.04. The normalized spacial score (nSPS) is 15.0. The number of hydrogen-bond acceptors (Lipinski definition) is 3. The highest BCUT2D eigenvalue weighted by Gasteiger charge is 2.24. The highest BCUT2D eigenvalue weighted by molar-refractivity contribution is 6.42. The zero-order chi connectivity index (χ0) is 22.3. The van der Waals surface area contributed by atoms with Crippen molar-refractivity contribution in [2.24, 2.45) is 0 Å². The molecule has 1 aliphatic rings. The fourth-order valence-electron chi connectivity index (χ4n) is 4.03. The first kappa shape index (κ1) is 22.7. The number of hydrogen-bond donors (Lipinski definition) is 1. The van der Waals surface area contributed by atoms with Crippen molar-refractivity contribution in [2.45, 2.75) is 31.5 Å². The molecule has 6 heteroatoms. The van der Waals surface area contributed by atoms with E-state index in [1.807, 2.05) is 78.9 Å². The lowest BCUT2D eigenvalue weighted by Gasteiger charge is -2.32. The van der Waals surface area contributed by atoms with Gasteiger partial charge >= 0.3 is 6.09 Å². The zero-order valence-corrected chi connectivity index (χ0v) is 19.2. The van der Waals surface area contributed by atoms with E-state index in [0.29, 0.717) is 10.0 Å². The van der Waals surface area contributed by atoms with Crippen LogP contribution >= 0.6 is 23.2 Å². The molecule has 0 bridgehead atoms. The summed E-state index contributed by atoms with van der Waals surface area (Å²) in [5.41, 5.74) is 3.17. The summed E-state index contributed by atoms with van der Waals surface area (Å²) in [7, 11) is 0. The number of ether oxygens (including phenoxy) is 1. The summed E-state index contributed by atoms with van der Waals surface area (Å²) in [6, 6.07) is 25.4. The first-order chi connectivity index (χ1) is 15.6. The summed E-state index contributed by atoms with van der Waals surface area (Å²) in [6.07, 6.45) is 1.13. The van der Waals surface area contributed by atoms with Crippen LogP contribution in [0.1, 0.15) is 35.6 Å².